The van der Waals surface area contributed by atoms with Gasteiger partial charge in [0.2, 0.25) is 0 Å². The first-order chi connectivity index (χ1) is 10.2. The van der Waals surface area contributed by atoms with Crippen LogP contribution in [0.2, 0.25) is 0 Å². The average molecular weight is 345 g/mol. The van der Waals surface area contributed by atoms with Crippen LogP contribution in [0.3, 0.4) is 0 Å². The Morgan fingerprint density at radius 2 is 2.00 bits per heavy atom. The van der Waals surface area contributed by atoms with Gasteiger partial charge < -0.3 is 15.6 Å². The van der Waals surface area contributed by atoms with Gasteiger partial charge in [0.15, 0.2) is 11.0 Å². The average Bonchev–Trinajstić information content (AvgIpc) is 2.95. The van der Waals surface area contributed by atoms with E-state index < -0.39 is 0 Å². The van der Waals surface area contributed by atoms with Gasteiger partial charge in [-0.15, -0.1) is 22.6 Å². The topological polar surface area (TPSA) is 86.2 Å². The van der Waals surface area contributed by atoms with Crippen molar-refractivity contribution in [1.29, 1.82) is 0 Å². The molecule has 0 spiro atoms. The Bertz CT molecular complexity index is 577. The maximum Gasteiger partial charge on any atom is 0.195 e. The van der Waals surface area contributed by atoms with Gasteiger partial charge in [-0.2, -0.15) is 0 Å². The molecule has 0 unspecified atom stereocenters. The van der Waals surface area contributed by atoms with E-state index in [9.17, 15) is 0 Å². The predicted molar refractivity (Wildman–Crippen MR) is 90.0 cm³/mol. The number of hydrogen-bond donors (Lipinski definition) is 2. The monoisotopic (exact) mass is 344 g/mol. The fraction of sp³-hybridized carbons (Fsp3) is 0.429. The predicted octanol–water partition coefficient (Wildman–Crippen LogP) is 1.88. The van der Waals surface area contributed by atoms with Gasteiger partial charge in [0.1, 0.15) is 5.75 Å². The molecule has 6 nitrogen and oxygen atoms in total. The molecular formula is C14H21ClN4O2S. The van der Waals surface area contributed by atoms with Crippen molar-refractivity contribution in [2.75, 3.05) is 19.5 Å². The molecule has 0 saturated carbocycles. The minimum absolute atomic E-state index is 0. The maximum absolute atomic E-state index is 9.12. The third-order valence-corrected chi connectivity index (χ3v) is 4.28. The first-order valence-corrected chi connectivity index (χ1v) is 7.70. The lowest BCUT2D eigenvalue weighted by atomic mass is 10.2. The zero-order valence-electron chi connectivity index (χ0n) is 12.6. The van der Waals surface area contributed by atoms with Crippen molar-refractivity contribution in [2.45, 2.75) is 18.6 Å². The number of methoxy groups -OCH3 is 1. The molecule has 0 saturated heterocycles. The van der Waals surface area contributed by atoms with E-state index in [1.807, 2.05) is 35.8 Å². The van der Waals surface area contributed by atoms with E-state index in [-0.39, 0.29) is 24.9 Å². The Morgan fingerprint density at radius 1 is 1.32 bits per heavy atom. The van der Waals surface area contributed by atoms with E-state index in [1.54, 1.807) is 18.9 Å². The molecule has 2 rings (SSSR count). The van der Waals surface area contributed by atoms with Gasteiger partial charge in [-0.05, 0) is 30.2 Å². The number of nitrogens with zero attached hydrogens (tertiary/aromatic N) is 3. The fourth-order valence-corrected chi connectivity index (χ4v) is 2.76. The second-order valence-electron chi connectivity index (χ2n) is 4.74. The van der Waals surface area contributed by atoms with Crippen LogP contribution >= 0.6 is 24.2 Å². The summed E-state index contributed by atoms with van der Waals surface area (Å²) in [6, 6.07) is 7.67. The molecule has 0 aliphatic carbocycles. The summed E-state index contributed by atoms with van der Waals surface area (Å²) < 4.78 is 7.11. The van der Waals surface area contributed by atoms with Crippen molar-refractivity contribution in [3.8, 4) is 11.4 Å². The number of aromatic nitrogens is 3. The smallest absolute Gasteiger partial charge is 0.195 e. The van der Waals surface area contributed by atoms with Crippen LogP contribution < -0.4 is 10.5 Å². The highest BCUT2D eigenvalue weighted by Crippen LogP contribution is 2.25. The Hall–Kier alpha value is -1.28. The van der Waals surface area contributed by atoms with Crippen LogP contribution in [-0.2, 0) is 6.54 Å². The number of nitrogens with two attached hydrogens (primary N) is 1. The summed E-state index contributed by atoms with van der Waals surface area (Å²) in [6.07, 6.45) is 0. The molecule has 0 fully saturated rings. The van der Waals surface area contributed by atoms with Crippen molar-refractivity contribution >= 4 is 24.2 Å². The van der Waals surface area contributed by atoms with Gasteiger partial charge in [0.25, 0.3) is 0 Å². The van der Waals surface area contributed by atoms with Crippen molar-refractivity contribution in [3.63, 3.8) is 0 Å². The van der Waals surface area contributed by atoms with Crippen molar-refractivity contribution in [1.82, 2.24) is 14.8 Å². The van der Waals surface area contributed by atoms with Crippen LogP contribution in [0.15, 0.2) is 29.4 Å². The third kappa shape index (κ3) is 4.36. The van der Waals surface area contributed by atoms with Crippen LogP contribution in [0, 0.1) is 5.92 Å². The van der Waals surface area contributed by atoms with E-state index in [4.69, 9.17) is 15.6 Å². The normalized spacial score (nSPS) is 11.8. The number of aliphatic hydroxyl groups is 1. The van der Waals surface area contributed by atoms with Crippen LogP contribution in [0.5, 0.6) is 5.75 Å². The second kappa shape index (κ2) is 8.99. The van der Waals surface area contributed by atoms with Gasteiger partial charge in [-0.3, -0.25) is 4.57 Å². The first-order valence-electron chi connectivity index (χ1n) is 6.72. The number of rotatable bonds is 7. The molecule has 0 aliphatic rings. The lowest BCUT2D eigenvalue weighted by molar-refractivity contribution is 0.250. The van der Waals surface area contributed by atoms with Crippen molar-refractivity contribution < 1.29 is 9.84 Å². The summed E-state index contributed by atoms with van der Waals surface area (Å²) in [5, 5.41) is 18.2. The molecular weight excluding hydrogens is 324 g/mol. The van der Waals surface area contributed by atoms with E-state index >= 15 is 0 Å². The number of hydrogen-bond acceptors (Lipinski definition) is 6. The molecule has 2 aromatic rings. The molecule has 1 atom stereocenters. The summed E-state index contributed by atoms with van der Waals surface area (Å²) in [5.74, 6) is 2.48. The molecule has 1 aromatic carbocycles. The van der Waals surface area contributed by atoms with E-state index in [0.717, 1.165) is 22.3 Å². The Kier molecular flexibility index (Phi) is 7.67. The summed E-state index contributed by atoms with van der Waals surface area (Å²) in [4.78, 5) is 0. The van der Waals surface area contributed by atoms with Crippen molar-refractivity contribution in [3.05, 3.63) is 30.1 Å². The highest BCUT2D eigenvalue weighted by atomic mass is 35.5. The number of ether oxygens (including phenoxy) is 1. The molecule has 1 heterocycles. The van der Waals surface area contributed by atoms with E-state index in [0.29, 0.717) is 12.4 Å². The lowest BCUT2D eigenvalue weighted by Crippen LogP contribution is -2.09. The number of aliphatic hydroxyl groups excluding tert-OH is 1. The van der Waals surface area contributed by atoms with Gasteiger partial charge in [-0.1, -0.05) is 18.7 Å². The second-order valence-corrected chi connectivity index (χ2v) is 5.72. The summed E-state index contributed by atoms with van der Waals surface area (Å²) in [7, 11) is 1.64. The molecule has 22 heavy (non-hydrogen) atoms. The van der Waals surface area contributed by atoms with Gasteiger partial charge in [-0.25, -0.2) is 0 Å². The highest BCUT2D eigenvalue weighted by molar-refractivity contribution is 7.99. The first kappa shape index (κ1) is 18.8. The van der Waals surface area contributed by atoms with E-state index in [1.165, 1.54) is 0 Å². The Labute approximate surface area is 140 Å². The summed E-state index contributed by atoms with van der Waals surface area (Å²) in [6.45, 7) is 2.47. The number of thioether (sulfide) groups is 1. The molecule has 3 N–H and O–H groups in total. The van der Waals surface area contributed by atoms with Gasteiger partial charge in [0, 0.05) is 18.0 Å². The number of halogens is 1. The molecule has 0 bridgehead atoms. The minimum Gasteiger partial charge on any atom is -0.497 e. The zero-order chi connectivity index (χ0) is 15.2. The molecule has 1 aromatic heterocycles. The quantitative estimate of drug-likeness (QED) is 0.746. The standard InChI is InChI=1S/C14H20N4O2S.ClH/c1-10(8-19)9-21-14-17-16-13(7-15)18(14)11-3-5-12(20-2)6-4-11;/h3-6,10,19H,7-9,15H2,1-2H3;1H/t10-;/m0./s1. The van der Waals surface area contributed by atoms with Crippen LogP contribution in [0.25, 0.3) is 5.69 Å². The SMILES string of the molecule is COc1ccc(-n2c(CN)nnc2SC[C@@H](C)CO)cc1.Cl. The van der Waals surface area contributed by atoms with Gasteiger partial charge in [0.05, 0.1) is 13.7 Å². The molecule has 122 valence electrons. The maximum atomic E-state index is 9.12. The van der Waals surface area contributed by atoms with Crippen LogP contribution in [0.4, 0.5) is 0 Å². The summed E-state index contributed by atoms with van der Waals surface area (Å²) in [5.41, 5.74) is 6.69. The summed E-state index contributed by atoms with van der Waals surface area (Å²) >= 11 is 1.56. The molecule has 8 heteroatoms. The molecule has 0 amide bonds. The largest absolute Gasteiger partial charge is 0.497 e. The van der Waals surface area contributed by atoms with Crippen LogP contribution in [-0.4, -0.2) is 39.3 Å². The van der Waals surface area contributed by atoms with Crippen molar-refractivity contribution in [2.24, 2.45) is 11.7 Å². The number of benzene rings is 1. The minimum atomic E-state index is 0. The Balaban J connectivity index is 0.00000242. The van der Waals surface area contributed by atoms with Crippen LogP contribution in [0.1, 0.15) is 12.7 Å². The molecule has 0 radical (unpaired) electrons. The third-order valence-electron chi connectivity index (χ3n) is 3.02. The molecule has 0 aliphatic heterocycles. The highest BCUT2D eigenvalue weighted by Gasteiger charge is 2.14. The van der Waals surface area contributed by atoms with Gasteiger partial charge >= 0.3 is 0 Å². The zero-order valence-corrected chi connectivity index (χ0v) is 14.2. The fourth-order valence-electron chi connectivity index (χ4n) is 1.79. The van der Waals surface area contributed by atoms with E-state index in [2.05, 4.69) is 10.2 Å². The Morgan fingerprint density at radius 3 is 2.55 bits per heavy atom. The lowest BCUT2D eigenvalue weighted by Gasteiger charge is -2.11.